The number of nitrogens with one attached hydrogen (secondary N) is 1. The minimum absolute atomic E-state index is 0.0801. The van der Waals surface area contributed by atoms with Gasteiger partial charge in [-0.1, -0.05) is 6.92 Å². The van der Waals surface area contributed by atoms with Crippen LogP contribution in [0.1, 0.15) is 33.6 Å². The van der Waals surface area contributed by atoms with Crippen LogP contribution in [0, 0.1) is 5.92 Å². The van der Waals surface area contributed by atoms with E-state index < -0.39 is 5.54 Å². The molecule has 1 N–H and O–H groups in total. The zero-order valence-electron chi connectivity index (χ0n) is 13.0. The summed E-state index contributed by atoms with van der Waals surface area (Å²) in [5, 5.41) is 3.45. The van der Waals surface area contributed by atoms with Crippen LogP contribution in [-0.4, -0.2) is 61.9 Å². The van der Waals surface area contributed by atoms with Crippen LogP contribution in [-0.2, 0) is 14.3 Å². The first kappa shape index (κ1) is 15.7. The predicted molar refractivity (Wildman–Crippen MR) is 77.6 cm³/mol. The molecule has 2 atom stereocenters. The van der Waals surface area contributed by atoms with Gasteiger partial charge in [0.05, 0.1) is 19.3 Å². The maximum absolute atomic E-state index is 12.5. The number of hydrogen-bond donors (Lipinski definition) is 1. The van der Waals surface area contributed by atoms with Crippen molar-refractivity contribution in [3.63, 3.8) is 0 Å². The Balaban J connectivity index is 2.10. The molecular formula is C15H28N2O3. The third kappa shape index (κ3) is 3.51. The van der Waals surface area contributed by atoms with Gasteiger partial charge in [-0.25, -0.2) is 4.79 Å². The molecule has 5 heteroatoms. The Bertz CT molecular complexity index is 333. The first-order chi connectivity index (χ1) is 9.62. The first-order valence-corrected chi connectivity index (χ1v) is 7.88. The average molecular weight is 284 g/mol. The Hall–Kier alpha value is -0.650. The van der Waals surface area contributed by atoms with Crippen LogP contribution in [0.2, 0.25) is 0 Å². The molecule has 0 bridgehead atoms. The SMILES string of the molecule is CCNC(CN1CCOC(C)C1)(C(=O)OCC)C1CC1. The Morgan fingerprint density at radius 3 is 2.75 bits per heavy atom. The van der Waals surface area contributed by atoms with Crippen LogP contribution < -0.4 is 5.32 Å². The lowest BCUT2D eigenvalue weighted by Gasteiger charge is -2.40. The number of morpholine rings is 1. The average Bonchev–Trinajstić information content (AvgIpc) is 3.23. The molecule has 2 unspecified atom stereocenters. The molecule has 5 nitrogen and oxygen atoms in total. The second-order valence-electron chi connectivity index (χ2n) is 5.91. The highest BCUT2D eigenvalue weighted by molar-refractivity contribution is 5.82. The minimum atomic E-state index is -0.526. The van der Waals surface area contributed by atoms with E-state index in [9.17, 15) is 4.79 Å². The summed E-state index contributed by atoms with van der Waals surface area (Å²) in [7, 11) is 0. The van der Waals surface area contributed by atoms with Crippen molar-refractivity contribution in [2.45, 2.75) is 45.3 Å². The van der Waals surface area contributed by atoms with Crippen LogP contribution in [0.3, 0.4) is 0 Å². The van der Waals surface area contributed by atoms with Gasteiger partial charge in [0.1, 0.15) is 5.54 Å². The Labute approximate surface area is 122 Å². The number of carbonyl (C=O) groups is 1. The molecule has 0 aromatic carbocycles. The Morgan fingerprint density at radius 2 is 2.20 bits per heavy atom. The van der Waals surface area contributed by atoms with Crippen molar-refractivity contribution >= 4 is 5.97 Å². The molecule has 2 aliphatic rings. The van der Waals surface area contributed by atoms with Crippen LogP contribution in [0.15, 0.2) is 0 Å². The minimum Gasteiger partial charge on any atom is -0.465 e. The van der Waals surface area contributed by atoms with E-state index in [1.807, 2.05) is 6.92 Å². The highest BCUT2D eigenvalue weighted by Gasteiger charge is 2.52. The molecule has 1 heterocycles. The highest BCUT2D eigenvalue weighted by Crippen LogP contribution is 2.41. The summed E-state index contributed by atoms with van der Waals surface area (Å²) >= 11 is 0. The predicted octanol–water partition coefficient (Wildman–Crippen LogP) is 1.03. The lowest BCUT2D eigenvalue weighted by atomic mass is 9.91. The van der Waals surface area contributed by atoms with Gasteiger partial charge in [-0.05, 0) is 39.2 Å². The topological polar surface area (TPSA) is 50.8 Å². The number of likely N-dealkylation sites (N-methyl/N-ethyl adjacent to an activating group) is 1. The van der Waals surface area contributed by atoms with E-state index in [1.165, 1.54) is 0 Å². The van der Waals surface area contributed by atoms with Gasteiger partial charge in [0.25, 0.3) is 0 Å². The van der Waals surface area contributed by atoms with Crippen molar-refractivity contribution in [3.05, 3.63) is 0 Å². The van der Waals surface area contributed by atoms with Gasteiger partial charge >= 0.3 is 5.97 Å². The van der Waals surface area contributed by atoms with Gasteiger partial charge in [-0.15, -0.1) is 0 Å². The molecule has 1 saturated carbocycles. The standard InChI is InChI=1S/C15H28N2O3/c1-4-16-15(13-6-7-13,14(18)19-5-2)11-17-8-9-20-12(3)10-17/h12-13,16H,4-11H2,1-3H3. The van der Waals surface area contributed by atoms with Gasteiger partial charge in [0, 0.05) is 19.6 Å². The molecule has 1 saturated heterocycles. The second kappa shape index (κ2) is 6.87. The number of rotatable bonds is 7. The molecule has 0 spiro atoms. The van der Waals surface area contributed by atoms with Crippen molar-refractivity contribution in [2.24, 2.45) is 5.92 Å². The largest absolute Gasteiger partial charge is 0.465 e. The zero-order chi connectivity index (χ0) is 14.6. The number of carbonyl (C=O) groups excluding carboxylic acids is 1. The van der Waals surface area contributed by atoms with Crippen LogP contribution >= 0.6 is 0 Å². The van der Waals surface area contributed by atoms with Crippen molar-refractivity contribution in [2.75, 3.05) is 39.4 Å². The summed E-state index contributed by atoms with van der Waals surface area (Å²) in [6, 6.07) is 0. The molecule has 0 amide bonds. The number of esters is 1. The smallest absolute Gasteiger partial charge is 0.327 e. The van der Waals surface area contributed by atoms with Gasteiger partial charge in [0.2, 0.25) is 0 Å². The fourth-order valence-electron chi connectivity index (χ4n) is 3.17. The van der Waals surface area contributed by atoms with Crippen molar-refractivity contribution in [1.82, 2.24) is 10.2 Å². The van der Waals surface area contributed by atoms with E-state index >= 15 is 0 Å². The molecule has 20 heavy (non-hydrogen) atoms. The van der Waals surface area contributed by atoms with Crippen LogP contribution in [0.5, 0.6) is 0 Å². The molecule has 1 aliphatic carbocycles. The monoisotopic (exact) mass is 284 g/mol. The number of nitrogens with zero attached hydrogens (tertiary/aromatic N) is 1. The van der Waals surface area contributed by atoms with Crippen LogP contribution in [0.4, 0.5) is 0 Å². The number of hydrogen-bond acceptors (Lipinski definition) is 5. The van der Waals surface area contributed by atoms with Crippen molar-refractivity contribution in [3.8, 4) is 0 Å². The van der Waals surface area contributed by atoms with E-state index in [1.54, 1.807) is 0 Å². The molecular weight excluding hydrogens is 256 g/mol. The second-order valence-corrected chi connectivity index (χ2v) is 5.91. The molecule has 0 radical (unpaired) electrons. The van der Waals surface area contributed by atoms with E-state index in [-0.39, 0.29) is 12.1 Å². The fourth-order valence-corrected chi connectivity index (χ4v) is 3.17. The lowest BCUT2D eigenvalue weighted by molar-refractivity contribution is -0.154. The maximum atomic E-state index is 12.5. The molecule has 0 aromatic rings. The Kier molecular flexibility index (Phi) is 5.41. The van der Waals surface area contributed by atoms with Gasteiger partial charge < -0.3 is 14.8 Å². The first-order valence-electron chi connectivity index (χ1n) is 7.88. The quantitative estimate of drug-likeness (QED) is 0.708. The molecule has 2 rings (SSSR count). The van der Waals surface area contributed by atoms with Gasteiger partial charge in [-0.2, -0.15) is 0 Å². The van der Waals surface area contributed by atoms with Crippen molar-refractivity contribution < 1.29 is 14.3 Å². The van der Waals surface area contributed by atoms with E-state index in [0.717, 1.165) is 45.6 Å². The summed E-state index contributed by atoms with van der Waals surface area (Å²) in [6.07, 6.45) is 2.47. The maximum Gasteiger partial charge on any atom is 0.327 e. The summed E-state index contributed by atoms with van der Waals surface area (Å²) < 4.78 is 11.0. The third-order valence-electron chi connectivity index (χ3n) is 4.20. The zero-order valence-corrected chi connectivity index (χ0v) is 13.0. The number of ether oxygens (including phenoxy) is 2. The fraction of sp³-hybridized carbons (Fsp3) is 0.933. The molecule has 2 fully saturated rings. The summed E-state index contributed by atoms with van der Waals surface area (Å²) in [6.45, 7) is 10.5. The summed E-state index contributed by atoms with van der Waals surface area (Å²) in [5.74, 6) is 0.336. The third-order valence-corrected chi connectivity index (χ3v) is 4.20. The van der Waals surface area contributed by atoms with Crippen LogP contribution in [0.25, 0.3) is 0 Å². The summed E-state index contributed by atoms with van der Waals surface area (Å²) in [5.41, 5.74) is -0.526. The van der Waals surface area contributed by atoms with Gasteiger partial charge in [-0.3, -0.25) is 4.90 Å². The molecule has 0 aromatic heterocycles. The lowest BCUT2D eigenvalue weighted by Crippen LogP contribution is -2.62. The normalized spacial score (nSPS) is 27.1. The summed E-state index contributed by atoms with van der Waals surface area (Å²) in [4.78, 5) is 14.9. The van der Waals surface area contributed by atoms with Gasteiger partial charge in [0.15, 0.2) is 0 Å². The molecule has 1 aliphatic heterocycles. The van der Waals surface area contributed by atoms with E-state index in [0.29, 0.717) is 12.5 Å². The van der Waals surface area contributed by atoms with E-state index in [4.69, 9.17) is 9.47 Å². The van der Waals surface area contributed by atoms with Crippen molar-refractivity contribution in [1.29, 1.82) is 0 Å². The van der Waals surface area contributed by atoms with E-state index in [2.05, 4.69) is 24.1 Å². The highest BCUT2D eigenvalue weighted by atomic mass is 16.5. The Morgan fingerprint density at radius 1 is 1.45 bits per heavy atom. The molecule has 116 valence electrons.